The highest BCUT2D eigenvalue weighted by Crippen LogP contribution is 2.27. The van der Waals surface area contributed by atoms with Gasteiger partial charge in [0.2, 0.25) is 0 Å². The SMILES string of the molecule is CC(CNC1CCN2CCCCC12)CN1CCCC1. The Bertz CT molecular complexity index is 275. The van der Waals surface area contributed by atoms with Gasteiger partial charge in [-0.25, -0.2) is 0 Å². The molecule has 3 unspecified atom stereocenters. The van der Waals surface area contributed by atoms with Crippen molar-refractivity contribution >= 4 is 0 Å². The maximum atomic E-state index is 3.89. The molecular formula is C16H31N3. The van der Waals surface area contributed by atoms with E-state index < -0.39 is 0 Å². The summed E-state index contributed by atoms with van der Waals surface area (Å²) < 4.78 is 0. The maximum absolute atomic E-state index is 3.89. The summed E-state index contributed by atoms with van der Waals surface area (Å²) >= 11 is 0. The van der Waals surface area contributed by atoms with Crippen LogP contribution in [-0.4, -0.2) is 61.2 Å². The van der Waals surface area contributed by atoms with Gasteiger partial charge in [0.05, 0.1) is 0 Å². The van der Waals surface area contributed by atoms with Gasteiger partial charge in [-0.05, 0) is 64.2 Å². The van der Waals surface area contributed by atoms with Crippen LogP contribution in [0.3, 0.4) is 0 Å². The Kier molecular flexibility index (Phi) is 4.78. The number of likely N-dealkylation sites (tertiary alicyclic amines) is 1. The number of nitrogens with one attached hydrogen (secondary N) is 1. The summed E-state index contributed by atoms with van der Waals surface area (Å²) in [6.45, 7) is 10.3. The van der Waals surface area contributed by atoms with Crippen LogP contribution in [0.4, 0.5) is 0 Å². The highest BCUT2D eigenvalue weighted by atomic mass is 15.2. The zero-order valence-electron chi connectivity index (χ0n) is 12.6. The fourth-order valence-electron chi connectivity index (χ4n) is 4.31. The van der Waals surface area contributed by atoms with Gasteiger partial charge >= 0.3 is 0 Å². The van der Waals surface area contributed by atoms with Gasteiger partial charge in [0.15, 0.2) is 0 Å². The van der Waals surface area contributed by atoms with Crippen molar-refractivity contribution in [2.75, 3.05) is 39.3 Å². The molecule has 0 aliphatic carbocycles. The number of hydrogen-bond donors (Lipinski definition) is 1. The van der Waals surface area contributed by atoms with E-state index in [2.05, 4.69) is 22.0 Å². The molecule has 1 N–H and O–H groups in total. The second kappa shape index (κ2) is 6.55. The van der Waals surface area contributed by atoms with Crippen LogP contribution < -0.4 is 5.32 Å². The second-order valence-corrected chi connectivity index (χ2v) is 7.02. The van der Waals surface area contributed by atoms with Crippen molar-refractivity contribution in [3.05, 3.63) is 0 Å². The van der Waals surface area contributed by atoms with Gasteiger partial charge in [0, 0.05) is 25.2 Å². The number of fused-ring (bicyclic) bond motifs is 1. The third kappa shape index (κ3) is 3.50. The summed E-state index contributed by atoms with van der Waals surface area (Å²) in [4.78, 5) is 5.38. The number of piperidine rings is 1. The van der Waals surface area contributed by atoms with Gasteiger partial charge in [-0.2, -0.15) is 0 Å². The first-order chi connectivity index (χ1) is 9.33. The summed E-state index contributed by atoms with van der Waals surface area (Å²) in [7, 11) is 0. The van der Waals surface area contributed by atoms with Gasteiger partial charge in [-0.1, -0.05) is 13.3 Å². The molecular weight excluding hydrogens is 234 g/mol. The van der Waals surface area contributed by atoms with Crippen molar-refractivity contribution in [2.45, 2.75) is 57.5 Å². The van der Waals surface area contributed by atoms with Gasteiger partial charge in [-0.15, -0.1) is 0 Å². The standard InChI is InChI=1S/C16H31N3/c1-14(13-18-8-4-5-9-18)12-17-15-7-11-19-10-3-2-6-16(15)19/h14-17H,2-13H2,1H3. The van der Waals surface area contributed by atoms with Gasteiger partial charge in [0.1, 0.15) is 0 Å². The van der Waals surface area contributed by atoms with Crippen LogP contribution in [0.5, 0.6) is 0 Å². The molecule has 0 aromatic rings. The predicted octanol–water partition coefficient (Wildman–Crippen LogP) is 1.93. The molecule has 0 aromatic heterocycles. The summed E-state index contributed by atoms with van der Waals surface area (Å²) in [5.41, 5.74) is 0. The monoisotopic (exact) mass is 265 g/mol. The van der Waals surface area contributed by atoms with Crippen LogP contribution in [0, 0.1) is 5.92 Å². The van der Waals surface area contributed by atoms with Crippen LogP contribution in [0.2, 0.25) is 0 Å². The van der Waals surface area contributed by atoms with E-state index in [0.29, 0.717) is 0 Å². The van der Waals surface area contributed by atoms with E-state index in [4.69, 9.17) is 0 Å². The molecule has 0 aromatic carbocycles. The van der Waals surface area contributed by atoms with E-state index in [-0.39, 0.29) is 0 Å². The van der Waals surface area contributed by atoms with Crippen molar-refractivity contribution in [2.24, 2.45) is 5.92 Å². The van der Waals surface area contributed by atoms with E-state index >= 15 is 0 Å². The molecule has 3 nitrogen and oxygen atoms in total. The van der Waals surface area contributed by atoms with Gasteiger partial charge in [-0.3, -0.25) is 4.90 Å². The van der Waals surface area contributed by atoms with Crippen molar-refractivity contribution in [1.82, 2.24) is 15.1 Å². The molecule has 0 radical (unpaired) electrons. The highest BCUT2D eigenvalue weighted by Gasteiger charge is 2.35. The molecule has 0 spiro atoms. The Morgan fingerprint density at radius 1 is 1.00 bits per heavy atom. The molecule has 0 saturated carbocycles. The molecule has 3 atom stereocenters. The fraction of sp³-hybridized carbons (Fsp3) is 1.00. The third-order valence-electron chi connectivity index (χ3n) is 5.35. The molecule has 110 valence electrons. The predicted molar refractivity (Wildman–Crippen MR) is 80.5 cm³/mol. The number of nitrogens with zero attached hydrogens (tertiary/aromatic N) is 2. The lowest BCUT2D eigenvalue weighted by atomic mass is 9.98. The van der Waals surface area contributed by atoms with Gasteiger partial charge in [0.25, 0.3) is 0 Å². The van der Waals surface area contributed by atoms with Crippen LogP contribution in [-0.2, 0) is 0 Å². The summed E-state index contributed by atoms with van der Waals surface area (Å²) in [5.74, 6) is 0.802. The van der Waals surface area contributed by atoms with Crippen LogP contribution in [0.25, 0.3) is 0 Å². The first-order valence-corrected chi connectivity index (χ1v) is 8.53. The second-order valence-electron chi connectivity index (χ2n) is 7.02. The molecule has 0 amide bonds. The molecule has 3 rings (SSSR count). The normalized spacial score (nSPS) is 34.6. The smallest absolute Gasteiger partial charge is 0.0249 e. The summed E-state index contributed by atoms with van der Waals surface area (Å²) in [5, 5.41) is 3.89. The van der Waals surface area contributed by atoms with Crippen LogP contribution in [0.1, 0.15) is 45.4 Å². The van der Waals surface area contributed by atoms with E-state index in [1.807, 2.05) is 0 Å². The Morgan fingerprint density at radius 2 is 1.79 bits per heavy atom. The van der Waals surface area contributed by atoms with E-state index in [9.17, 15) is 0 Å². The Balaban J connectivity index is 1.39. The molecule has 3 heterocycles. The fourth-order valence-corrected chi connectivity index (χ4v) is 4.31. The lowest BCUT2D eigenvalue weighted by molar-refractivity contribution is 0.177. The van der Waals surface area contributed by atoms with Crippen LogP contribution >= 0.6 is 0 Å². The highest BCUT2D eigenvalue weighted by molar-refractivity contribution is 4.94. The first kappa shape index (κ1) is 13.8. The minimum Gasteiger partial charge on any atom is -0.312 e. The minimum atomic E-state index is 0.779. The van der Waals surface area contributed by atoms with Crippen molar-refractivity contribution in [1.29, 1.82) is 0 Å². The maximum Gasteiger partial charge on any atom is 0.0249 e. The molecule has 3 aliphatic rings. The summed E-state index contributed by atoms with van der Waals surface area (Å²) in [6, 6.07) is 1.63. The average Bonchev–Trinajstić information content (AvgIpc) is 3.05. The Labute approximate surface area is 118 Å². The molecule has 19 heavy (non-hydrogen) atoms. The minimum absolute atomic E-state index is 0.779. The quantitative estimate of drug-likeness (QED) is 0.819. The lowest BCUT2D eigenvalue weighted by Gasteiger charge is -2.33. The van der Waals surface area contributed by atoms with Crippen LogP contribution in [0.15, 0.2) is 0 Å². The van der Waals surface area contributed by atoms with Crippen molar-refractivity contribution in [3.63, 3.8) is 0 Å². The average molecular weight is 265 g/mol. The van der Waals surface area contributed by atoms with E-state index in [1.165, 1.54) is 77.8 Å². The number of hydrogen-bond acceptors (Lipinski definition) is 3. The topological polar surface area (TPSA) is 18.5 Å². The molecule has 0 bridgehead atoms. The van der Waals surface area contributed by atoms with Gasteiger partial charge < -0.3 is 10.2 Å². The molecule has 3 fully saturated rings. The Hall–Kier alpha value is -0.120. The van der Waals surface area contributed by atoms with Crippen molar-refractivity contribution in [3.8, 4) is 0 Å². The Morgan fingerprint density at radius 3 is 2.63 bits per heavy atom. The molecule has 3 heteroatoms. The molecule has 3 saturated heterocycles. The lowest BCUT2D eigenvalue weighted by Crippen LogP contribution is -2.46. The van der Waals surface area contributed by atoms with Crippen molar-refractivity contribution < 1.29 is 0 Å². The largest absolute Gasteiger partial charge is 0.312 e. The zero-order chi connectivity index (χ0) is 13.1. The first-order valence-electron chi connectivity index (χ1n) is 8.53. The summed E-state index contributed by atoms with van der Waals surface area (Å²) in [6.07, 6.45) is 8.51. The number of rotatable bonds is 5. The zero-order valence-corrected chi connectivity index (χ0v) is 12.6. The third-order valence-corrected chi connectivity index (χ3v) is 5.35. The van der Waals surface area contributed by atoms with E-state index in [0.717, 1.165) is 18.0 Å². The van der Waals surface area contributed by atoms with E-state index in [1.54, 1.807) is 0 Å². The molecule has 3 aliphatic heterocycles.